The number of imidazole rings is 1. The van der Waals surface area contributed by atoms with Gasteiger partial charge in [-0.2, -0.15) is 0 Å². The Morgan fingerprint density at radius 2 is 1.81 bits per heavy atom. The number of sulfonamides is 1. The van der Waals surface area contributed by atoms with Crippen molar-refractivity contribution in [3.05, 3.63) is 105 Å². The number of hydrogen-bond donors (Lipinski definition) is 1. The van der Waals surface area contributed by atoms with Crippen molar-refractivity contribution in [3.8, 4) is 11.1 Å². The number of fused-ring (bicyclic) bond motifs is 1. The van der Waals surface area contributed by atoms with Gasteiger partial charge >= 0.3 is 0 Å². The number of amides is 1. The van der Waals surface area contributed by atoms with Crippen LogP contribution in [0.1, 0.15) is 21.7 Å². The van der Waals surface area contributed by atoms with Gasteiger partial charge in [0.25, 0.3) is 15.9 Å². The summed E-state index contributed by atoms with van der Waals surface area (Å²) in [5, 5.41) is 0.625. The molecule has 6 nitrogen and oxygen atoms in total. The van der Waals surface area contributed by atoms with Crippen molar-refractivity contribution >= 4 is 65.8 Å². The number of rotatable bonds is 6. The molecule has 2 heterocycles. The first-order valence-electron chi connectivity index (χ1n) is 10.8. The van der Waals surface area contributed by atoms with Crippen LogP contribution in [0.5, 0.6) is 0 Å². The monoisotopic (exact) mass is 599 g/mol. The second-order valence-corrected chi connectivity index (χ2v) is 12.9. The standard InChI is InChI=1S/C26H19BrClN3O3S2/c1-16-29-22-10-9-19(26(32)30-36(33,34)25-12-11-24(27)35-25)14-23(22)31(16)15-20-8-7-18(13-21(20)28)17-5-3-2-4-6-17/h2-14H,15H2,1H3,(H,30,32). The van der Waals surface area contributed by atoms with Gasteiger partial charge in [-0.1, -0.05) is 54.1 Å². The van der Waals surface area contributed by atoms with Crippen LogP contribution in [-0.2, 0) is 16.6 Å². The third kappa shape index (κ3) is 4.97. The molecule has 10 heteroatoms. The van der Waals surface area contributed by atoms with Crippen LogP contribution in [0, 0.1) is 6.92 Å². The Hall–Kier alpha value is -2.98. The lowest BCUT2D eigenvalue weighted by atomic mass is 10.0. The molecule has 1 N–H and O–H groups in total. The number of nitrogens with zero attached hydrogens (tertiary/aromatic N) is 2. The molecule has 0 atom stereocenters. The summed E-state index contributed by atoms with van der Waals surface area (Å²) in [6.45, 7) is 2.33. The maximum atomic E-state index is 12.8. The summed E-state index contributed by atoms with van der Waals surface area (Å²) in [5.74, 6) is 0.0406. The molecule has 0 aliphatic carbocycles. The molecular weight excluding hydrogens is 582 g/mol. The molecule has 0 fully saturated rings. The van der Waals surface area contributed by atoms with E-state index < -0.39 is 15.9 Å². The van der Waals surface area contributed by atoms with E-state index in [9.17, 15) is 13.2 Å². The summed E-state index contributed by atoms with van der Waals surface area (Å²) in [4.78, 5) is 17.4. The van der Waals surface area contributed by atoms with E-state index in [2.05, 4.69) is 25.6 Å². The molecule has 5 rings (SSSR count). The van der Waals surface area contributed by atoms with Crippen LogP contribution in [-0.4, -0.2) is 23.9 Å². The second-order valence-electron chi connectivity index (χ2n) is 8.11. The molecule has 36 heavy (non-hydrogen) atoms. The largest absolute Gasteiger partial charge is 0.324 e. The number of aromatic nitrogens is 2. The van der Waals surface area contributed by atoms with E-state index in [-0.39, 0.29) is 9.77 Å². The number of thiophene rings is 1. The van der Waals surface area contributed by atoms with Crippen LogP contribution in [0.25, 0.3) is 22.2 Å². The minimum atomic E-state index is -3.98. The molecule has 0 saturated heterocycles. The summed E-state index contributed by atoms with van der Waals surface area (Å²) in [7, 11) is -3.98. The van der Waals surface area contributed by atoms with Gasteiger partial charge in [-0.15, -0.1) is 11.3 Å². The van der Waals surface area contributed by atoms with E-state index in [1.54, 1.807) is 24.3 Å². The van der Waals surface area contributed by atoms with E-state index in [1.807, 2.05) is 60.0 Å². The van der Waals surface area contributed by atoms with Gasteiger partial charge in [0.15, 0.2) is 0 Å². The Morgan fingerprint density at radius 1 is 1.03 bits per heavy atom. The van der Waals surface area contributed by atoms with Crippen molar-refractivity contribution in [2.24, 2.45) is 0 Å². The first-order valence-corrected chi connectivity index (χ1v) is 14.3. The van der Waals surface area contributed by atoms with Gasteiger partial charge in [-0.05, 0) is 75.9 Å². The van der Waals surface area contributed by atoms with Gasteiger partial charge in [0.2, 0.25) is 0 Å². The van der Waals surface area contributed by atoms with Crippen molar-refractivity contribution in [1.82, 2.24) is 14.3 Å². The SMILES string of the molecule is Cc1nc2ccc(C(=O)NS(=O)(=O)c3ccc(Br)s3)cc2n1Cc1ccc(-c2ccccc2)cc1Cl. The zero-order chi connectivity index (χ0) is 25.4. The summed E-state index contributed by atoms with van der Waals surface area (Å²) in [6.07, 6.45) is 0. The summed E-state index contributed by atoms with van der Waals surface area (Å²) < 4.78 is 30.0. The highest BCUT2D eigenvalue weighted by Crippen LogP contribution is 2.29. The Labute approximate surface area is 225 Å². The van der Waals surface area contributed by atoms with E-state index >= 15 is 0 Å². The highest BCUT2D eigenvalue weighted by atomic mass is 79.9. The van der Waals surface area contributed by atoms with Crippen molar-refractivity contribution in [2.45, 2.75) is 17.7 Å². The zero-order valence-electron chi connectivity index (χ0n) is 18.9. The van der Waals surface area contributed by atoms with Gasteiger partial charge in [-0.25, -0.2) is 18.1 Å². The maximum Gasteiger partial charge on any atom is 0.273 e. The van der Waals surface area contributed by atoms with Crippen LogP contribution in [0.4, 0.5) is 0 Å². The molecular formula is C26H19BrClN3O3S2. The number of halogens is 2. The van der Waals surface area contributed by atoms with E-state index in [0.717, 1.165) is 33.9 Å². The Balaban J connectivity index is 1.44. The number of aryl methyl sites for hydroxylation is 1. The number of nitrogens with one attached hydrogen (secondary N) is 1. The zero-order valence-corrected chi connectivity index (χ0v) is 22.9. The van der Waals surface area contributed by atoms with Crippen molar-refractivity contribution in [3.63, 3.8) is 0 Å². The molecule has 0 bridgehead atoms. The Kier molecular flexibility index (Phi) is 6.74. The lowest BCUT2D eigenvalue weighted by Crippen LogP contribution is -2.30. The fraction of sp³-hybridized carbons (Fsp3) is 0.0769. The molecule has 1 amide bonds. The van der Waals surface area contributed by atoms with Gasteiger partial charge in [0.05, 0.1) is 21.4 Å². The Bertz CT molecular complexity index is 1710. The summed E-state index contributed by atoms with van der Waals surface area (Å²) in [5.41, 5.74) is 4.63. The van der Waals surface area contributed by atoms with Crippen LogP contribution in [0.15, 0.2) is 86.9 Å². The molecule has 0 aliphatic heterocycles. The van der Waals surface area contributed by atoms with Crippen molar-refractivity contribution in [2.75, 3.05) is 0 Å². The molecule has 0 aliphatic rings. The average molecular weight is 601 g/mol. The van der Waals surface area contributed by atoms with Crippen molar-refractivity contribution < 1.29 is 13.2 Å². The fourth-order valence-corrected chi connectivity index (χ4v) is 7.14. The minimum absolute atomic E-state index is 0.0540. The molecule has 3 aromatic carbocycles. The van der Waals surface area contributed by atoms with E-state index in [1.165, 1.54) is 6.07 Å². The highest BCUT2D eigenvalue weighted by molar-refractivity contribution is 9.11. The quantitative estimate of drug-likeness (QED) is 0.236. The second kappa shape index (κ2) is 9.82. The van der Waals surface area contributed by atoms with Gasteiger partial charge < -0.3 is 4.57 Å². The topological polar surface area (TPSA) is 81.1 Å². The first kappa shape index (κ1) is 24.7. The van der Waals surface area contributed by atoms with Crippen LogP contribution in [0.2, 0.25) is 5.02 Å². The third-order valence-corrected chi connectivity index (χ3v) is 9.53. The molecule has 182 valence electrons. The van der Waals surface area contributed by atoms with Crippen LogP contribution in [0.3, 0.4) is 0 Å². The van der Waals surface area contributed by atoms with E-state index in [0.29, 0.717) is 26.4 Å². The maximum absolute atomic E-state index is 12.8. The number of hydrogen-bond acceptors (Lipinski definition) is 5. The highest BCUT2D eigenvalue weighted by Gasteiger charge is 2.21. The normalized spacial score (nSPS) is 11.6. The number of benzene rings is 3. The minimum Gasteiger partial charge on any atom is -0.324 e. The van der Waals surface area contributed by atoms with Crippen LogP contribution < -0.4 is 4.72 Å². The molecule has 5 aromatic rings. The Morgan fingerprint density at radius 3 is 2.50 bits per heavy atom. The number of carbonyl (C=O) groups excluding carboxylic acids is 1. The average Bonchev–Trinajstić information content (AvgIpc) is 3.43. The lowest BCUT2D eigenvalue weighted by Gasteiger charge is -2.11. The summed E-state index contributed by atoms with van der Waals surface area (Å²) >= 11 is 10.9. The predicted molar refractivity (Wildman–Crippen MR) is 147 cm³/mol. The van der Waals surface area contributed by atoms with E-state index in [4.69, 9.17) is 11.6 Å². The van der Waals surface area contributed by atoms with Gasteiger partial charge in [0.1, 0.15) is 10.0 Å². The predicted octanol–water partition coefficient (Wildman–Crippen LogP) is 6.66. The lowest BCUT2D eigenvalue weighted by molar-refractivity contribution is 0.0981. The molecule has 0 spiro atoms. The fourth-order valence-electron chi connectivity index (χ4n) is 3.91. The first-order chi connectivity index (χ1) is 17.2. The van der Waals surface area contributed by atoms with Crippen LogP contribution >= 0.6 is 38.9 Å². The smallest absolute Gasteiger partial charge is 0.273 e. The number of carbonyl (C=O) groups is 1. The molecule has 0 radical (unpaired) electrons. The van der Waals surface area contributed by atoms with Crippen molar-refractivity contribution in [1.29, 1.82) is 0 Å². The molecule has 2 aromatic heterocycles. The summed E-state index contributed by atoms with van der Waals surface area (Å²) in [6, 6.07) is 23.9. The van der Waals surface area contributed by atoms with Gasteiger partial charge in [0, 0.05) is 10.6 Å². The third-order valence-electron chi connectivity index (χ3n) is 5.73. The molecule has 0 unspecified atom stereocenters. The van der Waals surface area contributed by atoms with Gasteiger partial charge in [-0.3, -0.25) is 4.79 Å². The molecule has 0 saturated carbocycles.